The van der Waals surface area contributed by atoms with Crippen molar-refractivity contribution in [3.63, 3.8) is 0 Å². The molecule has 0 bridgehead atoms. The summed E-state index contributed by atoms with van der Waals surface area (Å²) < 4.78 is 1.88. The Bertz CT molecular complexity index is 835. The number of H-pyrrole nitrogens is 1. The average Bonchev–Trinajstić information content (AvgIpc) is 3.23. The summed E-state index contributed by atoms with van der Waals surface area (Å²) in [5.74, 6) is 0. The van der Waals surface area contributed by atoms with Gasteiger partial charge in [-0.1, -0.05) is 17.7 Å². The number of aromatic nitrogens is 4. The molecule has 1 atom stereocenters. The number of carbonyl (C=O) groups excluding carboxylic acids is 1. The third-order valence-corrected chi connectivity index (χ3v) is 4.14. The number of nitrogens with one attached hydrogen (secondary N) is 3. The van der Waals surface area contributed by atoms with Gasteiger partial charge in [0.25, 0.3) is 0 Å². The molecule has 0 aliphatic carbocycles. The van der Waals surface area contributed by atoms with Crippen molar-refractivity contribution >= 4 is 6.03 Å². The first-order valence-electron chi connectivity index (χ1n) is 8.19. The summed E-state index contributed by atoms with van der Waals surface area (Å²) >= 11 is 0. The van der Waals surface area contributed by atoms with Gasteiger partial charge in [0, 0.05) is 17.5 Å². The SMILES string of the molecule is Cc1ccc(-n2ncc([C@H](C)NC(=O)NCc3ccn[nH]3)c2C)cc1. The minimum atomic E-state index is -0.232. The van der Waals surface area contributed by atoms with Gasteiger partial charge >= 0.3 is 6.03 Å². The Morgan fingerprint density at radius 3 is 2.68 bits per heavy atom. The van der Waals surface area contributed by atoms with Crippen LogP contribution in [0, 0.1) is 13.8 Å². The van der Waals surface area contributed by atoms with E-state index >= 15 is 0 Å². The molecule has 7 nitrogen and oxygen atoms in total. The maximum Gasteiger partial charge on any atom is 0.315 e. The first-order valence-corrected chi connectivity index (χ1v) is 8.19. The highest BCUT2D eigenvalue weighted by molar-refractivity contribution is 5.74. The highest BCUT2D eigenvalue weighted by Gasteiger charge is 2.16. The number of nitrogens with zero attached hydrogens (tertiary/aromatic N) is 3. The second-order valence-corrected chi connectivity index (χ2v) is 6.06. The van der Waals surface area contributed by atoms with Crippen LogP contribution in [0.25, 0.3) is 5.69 Å². The van der Waals surface area contributed by atoms with Gasteiger partial charge in [-0.15, -0.1) is 0 Å². The van der Waals surface area contributed by atoms with Crippen molar-refractivity contribution in [3.8, 4) is 5.69 Å². The maximum atomic E-state index is 12.1. The van der Waals surface area contributed by atoms with E-state index in [0.717, 1.165) is 22.6 Å². The fraction of sp³-hybridized carbons (Fsp3) is 0.278. The number of carbonyl (C=O) groups is 1. The fourth-order valence-electron chi connectivity index (χ4n) is 2.68. The van der Waals surface area contributed by atoms with Crippen LogP contribution in [0.3, 0.4) is 0 Å². The number of aryl methyl sites for hydroxylation is 1. The van der Waals surface area contributed by atoms with Crippen molar-refractivity contribution in [1.29, 1.82) is 0 Å². The Balaban J connectivity index is 1.65. The van der Waals surface area contributed by atoms with Crippen LogP contribution in [0.2, 0.25) is 0 Å². The summed E-state index contributed by atoms with van der Waals surface area (Å²) in [6, 6.07) is 9.62. The third-order valence-electron chi connectivity index (χ3n) is 4.14. The average molecular weight is 338 g/mol. The Morgan fingerprint density at radius 2 is 2.00 bits per heavy atom. The van der Waals surface area contributed by atoms with E-state index in [-0.39, 0.29) is 12.1 Å². The highest BCUT2D eigenvalue weighted by atomic mass is 16.2. The molecule has 3 aromatic rings. The molecule has 2 aromatic heterocycles. The van der Waals surface area contributed by atoms with E-state index in [1.165, 1.54) is 5.56 Å². The van der Waals surface area contributed by atoms with Crippen LogP contribution >= 0.6 is 0 Å². The molecule has 0 aliphatic rings. The molecule has 2 heterocycles. The lowest BCUT2D eigenvalue weighted by Crippen LogP contribution is -2.36. The lowest BCUT2D eigenvalue weighted by molar-refractivity contribution is 0.237. The topological polar surface area (TPSA) is 87.6 Å². The standard InChI is InChI=1S/C18H22N6O/c1-12-4-6-16(7-5-12)24-14(3)17(11-21-24)13(2)22-18(25)19-10-15-8-9-20-23-15/h4-9,11,13H,10H2,1-3H3,(H,20,23)(H2,19,22,25)/t13-/m0/s1. The Kier molecular flexibility index (Phi) is 4.83. The zero-order valence-corrected chi connectivity index (χ0v) is 14.6. The summed E-state index contributed by atoms with van der Waals surface area (Å²) in [4.78, 5) is 12.1. The Morgan fingerprint density at radius 1 is 1.24 bits per heavy atom. The third kappa shape index (κ3) is 3.88. The van der Waals surface area contributed by atoms with Crippen LogP contribution in [0.4, 0.5) is 4.79 Å². The molecule has 0 aliphatic heterocycles. The molecule has 0 saturated heterocycles. The van der Waals surface area contributed by atoms with Crippen molar-refractivity contribution in [2.24, 2.45) is 0 Å². The quantitative estimate of drug-likeness (QED) is 0.668. The van der Waals surface area contributed by atoms with E-state index in [0.29, 0.717) is 6.54 Å². The van der Waals surface area contributed by atoms with E-state index in [4.69, 9.17) is 0 Å². The van der Waals surface area contributed by atoms with Gasteiger partial charge in [-0.3, -0.25) is 5.10 Å². The summed E-state index contributed by atoms with van der Waals surface area (Å²) in [7, 11) is 0. The first-order chi connectivity index (χ1) is 12.0. The molecule has 1 aromatic carbocycles. The van der Waals surface area contributed by atoms with Crippen molar-refractivity contribution in [3.05, 3.63) is 65.2 Å². The van der Waals surface area contributed by atoms with Crippen LogP contribution in [0.1, 0.15) is 35.5 Å². The van der Waals surface area contributed by atoms with E-state index in [9.17, 15) is 4.79 Å². The van der Waals surface area contributed by atoms with Gasteiger partial charge in [-0.05, 0) is 39.0 Å². The summed E-state index contributed by atoms with van der Waals surface area (Å²) in [5.41, 5.74) is 5.05. The normalized spacial score (nSPS) is 12.0. The molecule has 7 heteroatoms. The van der Waals surface area contributed by atoms with Crippen molar-refractivity contribution in [2.75, 3.05) is 0 Å². The molecular weight excluding hydrogens is 316 g/mol. The van der Waals surface area contributed by atoms with E-state index < -0.39 is 0 Å². The maximum absolute atomic E-state index is 12.1. The lowest BCUT2D eigenvalue weighted by atomic mass is 10.1. The molecular formula is C18H22N6O. The minimum Gasteiger partial charge on any atom is -0.333 e. The predicted molar refractivity (Wildman–Crippen MR) is 95.4 cm³/mol. The molecule has 130 valence electrons. The van der Waals surface area contributed by atoms with Gasteiger partial charge < -0.3 is 10.6 Å². The molecule has 0 fully saturated rings. The van der Waals surface area contributed by atoms with Crippen LogP contribution < -0.4 is 10.6 Å². The number of hydrogen-bond acceptors (Lipinski definition) is 3. The lowest BCUT2D eigenvalue weighted by Gasteiger charge is -2.14. The molecule has 25 heavy (non-hydrogen) atoms. The molecule has 3 rings (SSSR count). The zero-order chi connectivity index (χ0) is 17.8. The predicted octanol–water partition coefficient (Wildman–Crippen LogP) is 2.77. The molecule has 0 unspecified atom stereocenters. The van der Waals surface area contributed by atoms with E-state index in [2.05, 4.69) is 45.0 Å². The van der Waals surface area contributed by atoms with Gasteiger partial charge in [0.05, 0.1) is 30.2 Å². The van der Waals surface area contributed by atoms with Crippen molar-refractivity contribution in [1.82, 2.24) is 30.6 Å². The second-order valence-electron chi connectivity index (χ2n) is 6.06. The number of rotatable bonds is 5. The Hall–Kier alpha value is -3.09. The van der Waals surface area contributed by atoms with Gasteiger partial charge in [-0.25, -0.2) is 9.48 Å². The summed E-state index contributed by atoms with van der Waals surface area (Å²) in [6.07, 6.45) is 3.45. The van der Waals surface area contributed by atoms with Crippen LogP contribution in [-0.2, 0) is 6.54 Å². The fourth-order valence-corrected chi connectivity index (χ4v) is 2.68. The van der Waals surface area contributed by atoms with Gasteiger partial charge in [0.15, 0.2) is 0 Å². The molecule has 0 spiro atoms. The number of urea groups is 1. The summed E-state index contributed by atoms with van der Waals surface area (Å²) in [6.45, 7) is 6.40. The van der Waals surface area contributed by atoms with Gasteiger partial charge in [0.2, 0.25) is 0 Å². The van der Waals surface area contributed by atoms with E-state index in [1.807, 2.05) is 36.7 Å². The van der Waals surface area contributed by atoms with Gasteiger partial charge in [0.1, 0.15) is 0 Å². The first kappa shape index (κ1) is 16.8. The Labute approximate surface area is 146 Å². The highest BCUT2D eigenvalue weighted by Crippen LogP contribution is 2.20. The van der Waals surface area contributed by atoms with Crippen LogP contribution in [0.15, 0.2) is 42.7 Å². The van der Waals surface area contributed by atoms with Crippen molar-refractivity contribution < 1.29 is 4.79 Å². The minimum absolute atomic E-state index is 0.152. The molecule has 2 amide bonds. The second kappa shape index (κ2) is 7.21. The van der Waals surface area contributed by atoms with Crippen LogP contribution in [-0.4, -0.2) is 26.0 Å². The number of hydrogen-bond donors (Lipinski definition) is 3. The number of amides is 2. The summed E-state index contributed by atoms with van der Waals surface area (Å²) in [5, 5.41) is 16.9. The van der Waals surface area contributed by atoms with E-state index in [1.54, 1.807) is 12.4 Å². The molecule has 0 saturated carbocycles. The largest absolute Gasteiger partial charge is 0.333 e. The smallest absolute Gasteiger partial charge is 0.315 e. The van der Waals surface area contributed by atoms with Gasteiger partial charge in [-0.2, -0.15) is 10.2 Å². The monoisotopic (exact) mass is 338 g/mol. The zero-order valence-electron chi connectivity index (χ0n) is 14.6. The van der Waals surface area contributed by atoms with Crippen molar-refractivity contribution in [2.45, 2.75) is 33.4 Å². The number of aromatic amines is 1. The molecule has 3 N–H and O–H groups in total. The molecule has 0 radical (unpaired) electrons. The van der Waals surface area contributed by atoms with Crippen LogP contribution in [0.5, 0.6) is 0 Å². The number of benzene rings is 1.